The molecule has 0 aromatic rings. The highest BCUT2D eigenvalue weighted by atomic mass is 16.5. The van der Waals surface area contributed by atoms with E-state index in [9.17, 15) is 4.79 Å². The zero-order valence-corrected chi connectivity index (χ0v) is 15.7. The lowest BCUT2D eigenvalue weighted by molar-refractivity contribution is -0.132. The van der Waals surface area contributed by atoms with Crippen molar-refractivity contribution in [2.45, 2.75) is 79.9 Å². The lowest BCUT2D eigenvalue weighted by Crippen LogP contribution is -2.36. The predicted octanol–water partition coefficient (Wildman–Crippen LogP) is 4.15. The van der Waals surface area contributed by atoms with Gasteiger partial charge in [-0.2, -0.15) is 0 Å². The molecule has 0 heterocycles. The van der Waals surface area contributed by atoms with Crippen molar-refractivity contribution in [3.8, 4) is 0 Å². The molecular weight excluding hydrogens is 262 g/mol. The van der Waals surface area contributed by atoms with E-state index in [2.05, 4.69) is 39.6 Å². The predicted molar refractivity (Wildman–Crippen MR) is 90.7 cm³/mol. The minimum atomic E-state index is -0.293. The first-order valence-electron chi connectivity index (χ1n) is 8.27. The average molecular weight is 299 g/mol. The maximum atomic E-state index is 12.1. The van der Waals surface area contributed by atoms with E-state index in [0.29, 0.717) is 18.4 Å². The van der Waals surface area contributed by atoms with Gasteiger partial charge in [-0.3, -0.25) is 4.79 Å². The molecule has 3 nitrogen and oxygen atoms in total. The molecule has 0 aliphatic rings. The summed E-state index contributed by atoms with van der Waals surface area (Å²) in [7, 11) is 2.14. The lowest BCUT2D eigenvalue weighted by atomic mass is 9.80. The molecule has 0 saturated carbocycles. The first-order valence-corrected chi connectivity index (χ1v) is 8.27. The van der Waals surface area contributed by atoms with Crippen molar-refractivity contribution < 1.29 is 9.53 Å². The van der Waals surface area contributed by atoms with Crippen LogP contribution in [0.15, 0.2) is 0 Å². The zero-order chi connectivity index (χ0) is 16.8. The molecule has 0 N–H and O–H groups in total. The molecule has 21 heavy (non-hydrogen) atoms. The van der Waals surface area contributed by atoms with Crippen molar-refractivity contribution in [3.05, 3.63) is 0 Å². The molecule has 126 valence electrons. The van der Waals surface area contributed by atoms with Crippen LogP contribution >= 0.6 is 0 Å². The van der Waals surface area contributed by atoms with Gasteiger partial charge >= 0.3 is 0 Å². The Hall–Kier alpha value is -0.410. The van der Waals surface area contributed by atoms with Gasteiger partial charge in [-0.25, -0.2) is 0 Å². The summed E-state index contributed by atoms with van der Waals surface area (Å²) < 4.78 is 6.05. The smallest absolute Gasteiger partial charge is 0.141 e. The van der Waals surface area contributed by atoms with Crippen LogP contribution in [-0.4, -0.2) is 42.5 Å². The van der Waals surface area contributed by atoms with Gasteiger partial charge in [0.2, 0.25) is 0 Å². The Kier molecular flexibility index (Phi) is 8.12. The molecule has 0 saturated heterocycles. The highest BCUT2D eigenvalue weighted by molar-refractivity contribution is 5.85. The van der Waals surface area contributed by atoms with Crippen LogP contribution in [0.1, 0.15) is 68.2 Å². The molecule has 0 aliphatic carbocycles. The SMILES string of the molecule is CC(C)C(=O)C(C)(C)CCOC(C)(C)CCN(C)C(C)C. The van der Waals surface area contributed by atoms with Crippen molar-refractivity contribution in [1.29, 1.82) is 0 Å². The van der Waals surface area contributed by atoms with Gasteiger partial charge in [0.25, 0.3) is 0 Å². The number of ether oxygens (including phenoxy) is 1. The Morgan fingerprint density at radius 2 is 1.57 bits per heavy atom. The highest BCUT2D eigenvalue weighted by Crippen LogP contribution is 2.27. The quantitative estimate of drug-likeness (QED) is 0.607. The Labute approximate surface area is 132 Å². The third kappa shape index (κ3) is 7.96. The van der Waals surface area contributed by atoms with E-state index in [0.717, 1.165) is 19.4 Å². The molecule has 0 amide bonds. The molecule has 0 aromatic heterocycles. The third-order valence-corrected chi connectivity index (χ3v) is 4.36. The van der Waals surface area contributed by atoms with E-state index >= 15 is 0 Å². The maximum absolute atomic E-state index is 12.1. The summed E-state index contributed by atoms with van der Waals surface area (Å²) in [4.78, 5) is 14.5. The van der Waals surface area contributed by atoms with Crippen molar-refractivity contribution >= 4 is 5.78 Å². The van der Waals surface area contributed by atoms with Crippen LogP contribution in [0.2, 0.25) is 0 Å². The van der Waals surface area contributed by atoms with Crippen molar-refractivity contribution in [3.63, 3.8) is 0 Å². The van der Waals surface area contributed by atoms with Gasteiger partial charge in [0.1, 0.15) is 5.78 Å². The van der Waals surface area contributed by atoms with Crippen LogP contribution in [0.25, 0.3) is 0 Å². The average Bonchev–Trinajstić information content (AvgIpc) is 2.34. The largest absolute Gasteiger partial charge is 0.375 e. The Balaban J connectivity index is 4.23. The first-order chi connectivity index (χ1) is 9.39. The van der Waals surface area contributed by atoms with E-state index in [-0.39, 0.29) is 16.9 Å². The number of rotatable bonds is 10. The van der Waals surface area contributed by atoms with Crippen molar-refractivity contribution in [1.82, 2.24) is 4.90 Å². The Morgan fingerprint density at radius 3 is 2.00 bits per heavy atom. The number of ketones is 1. The van der Waals surface area contributed by atoms with E-state index in [1.165, 1.54) is 0 Å². The number of carbonyl (C=O) groups excluding carboxylic acids is 1. The molecule has 0 unspecified atom stereocenters. The van der Waals surface area contributed by atoms with Crippen molar-refractivity contribution in [2.24, 2.45) is 11.3 Å². The number of hydrogen-bond acceptors (Lipinski definition) is 3. The summed E-state index contributed by atoms with van der Waals surface area (Å²) in [6.45, 7) is 18.3. The fraction of sp³-hybridized carbons (Fsp3) is 0.944. The maximum Gasteiger partial charge on any atom is 0.141 e. The second-order valence-electron chi connectivity index (χ2n) is 8.09. The van der Waals surface area contributed by atoms with E-state index < -0.39 is 0 Å². The molecule has 0 rings (SSSR count). The Bertz CT molecular complexity index is 319. The number of nitrogens with zero attached hydrogens (tertiary/aromatic N) is 1. The minimum absolute atomic E-state index is 0.0905. The fourth-order valence-electron chi connectivity index (χ4n) is 2.26. The topological polar surface area (TPSA) is 29.5 Å². The molecule has 3 heteroatoms. The fourth-order valence-corrected chi connectivity index (χ4v) is 2.26. The summed E-state index contributed by atoms with van der Waals surface area (Å²) in [5, 5.41) is 0. The molecule has 0 bridgehead atoms. The molecule has 0 atom stereocenters. The van der Waals surface area contributed by atoms with Crippen molar-refractivity contribution in [2.75, 3.05) is 20.2 Å². The van der Waals surface area contributed by atoms with Gasteiger partial charge < -0.3 is 9.64 Å². The summed E-state index contributed by atoms with van der Waals surface area (Å²) in [5.41, 5.74) is -0.431. The van der Waals surface area contributed by atoms with Gasteiger partial charge in [0.05, 0.1) is 5.60 Å². The van der Waals surface area contributed by atoms with Crippen LogP contribution < -0.4 is 0 Å². The number of carbonyl (C=O) groups is 1. The van der Waals surface area contributed by atoms with Gasteiger partial charge in [0.15, 0.2) is 0 Å². The minimum Gasteiger partial charge on any atom is -0.375 e. The lowest BCUT2D eigenvalue weighted by Gasteiger charge is -2.31. The molecule has 0 aromatic carbocycles. The van der Waals surface area contributed by atoms with Crippen LogP contribution in [-0.2, 0) is 9.53 Å². The summed E-state index contributed by atoms with van der Waals surface area (Å²) in [6, 6.07) is 0.559. The van der Waals surface area contributed by atoms with Crippen LogP contribution in [0.5, 0.6) is 0 Å². The summed E-state index contributed by atoms with van der Waals surface area (Å²) in [6.07, 6.45) is 1.79. The first kappa shape index (κ1) is 20.6. The number of Topliss-reactive ketones (excluding diaryl/α,β-unsaturated/α-hetero) is 1. The van der Waals surface area contributed by atoms with Crippen LogP contribution in [0.4, 0.5) is 0 Å². The molecule has 0 aliphatic heterocycles. The van der Waals surface area contributed by atoms with Crippen LogP contribution in [0.3, 0.4) is 0 Å². The third-order valence-electron chi connectivity index (χ3n) is 4.36. The summed E-state index contributed by atoms with van der Waals surface area (Å²) in [5.74, 6) is 0.413. The molecule has 0 radical (unpaired) electrons. The van der Waals surface area contributed by atoms with E-state index in [4.69, 9.17) is 4.74 Å². The molecule has 0 spiro atoms. The van der Waals surface area contributed by atoms with Crippen LogP contribution in [0, 0.1) is 11.3 Å². The summed E-state index contributed by atoms with van der Waals surface area (Å²) >= 11 is 0. The standard InChI is InChI=1S/C18H37NO2/c1-14(2)16(20)17(5,6)11-13-21-18(7,8)10-12-19(9)15(3)4/h14-15H,10-13H2,1-9H3. The zero-order valence-electron chi connectivity index (χ0n) is 15.7. The molecule has 0 fully saturated rings. The van der Waals surface area contributed by atoms with E-state index in [1.54, 1.807) is 0 Å². The molecular formula is C18H37NO2. The monoisotopic (exact) mass is 299 g/mol. The van der Waals surface area contributed by atoms with E-state index in [1.807, 2.05) is 27.7 Å². The number of hydrogen-bond donors (Lipinski definition) is 0. The van der Waals surface area contributed by atoms with Gasteiger partial charge in [0, 0.05) is 30.5 Å². The van der Waals surface area contributed by atoms with Gasteiger partial charge in [-0.1, -0.05) is 27.7 Å². The van der Waals surface area contributed by atoms with Gasteiger partial charge in [-0.15, -0.1) is 0 Å². The highest BCUT2D eigenvalue weighted by Gasteiger charge is 2.30. The Morgan fingerprint density at radius 1 is 1.05 bits per heavy atom. The van der Waals surface area contributed by atoms with Gasteiger partial charge in [-0.05, 0) is 47.6 Å². The second-order valence-corrected chi connectivity index (χ2v) is 8.09. The second kappa shape index (κ2) is 8.28. The normalized spacial score (nSPS) is 13.5.